The highest BCUT2D eigenvalue weighted by molar-refractivity contribution is 6.33. The lowest BCUT2D eigenvalue weighted by Gasteiger charge is -2.33. The number of hydrogen-bond donors (Lipinski definition) is 1. The molecule has 0 aromatic heterocycles. The van der Waals surface area contributed by atoms with Crippen LogP contribution in [-0.2, 0) is 13.0 Å². The van der Waals surface area contributed by atoms with Gasteiger partial charge in [-0.2, -0.15) is 0 Å². The minimum absolute atomic E-state index is 0.835. The zero-order chi connectivity index (χ0) is 14.7. The average Bonchev–Trinajstić information content (AvgIpc) is 2.52. The Kier molecular flexibility index (Phi) is 4.47. The van der Waals surface area contributed by atoms with E-state index in [0.717, 1.165) is 36.8 Å². The van der Waals surface area contributed by atoms with Crippen LogP contribution in [0.2, 0.25) is 5.02 Å². The van der Waals surface area contributed by atoms with Gasteiger partial charge in [-0.25, -0.2) is 0 Å². The second kappa shape index (κ2) is 6.50. The number of halogens is 1. The smallest absolute Gasteiger partial charge is 0.0646 e. The van der Waals surface area contributed by atoms with Crippen LogP contribution in [0.25, 0.3) is 0 Å². The Morgan fingerprint density at radius 1 is 1.14 bits per heavy atom. The van der Waals surface area contributed by atoms with E-state index in [1.807, 2.05) is 12.1 Å². The summed E-state index contributed by atoms with van der Waals surface area (Å²) in [6, 6.07) is 14.8. The number of aryl methyl sites for hydroxylation is 1. The highest BCUT2D eigenvalue weighted by Crippen LogP contribution is 2.39. The number of nitrogens with one attached hydrogen (secondary N) is 1. The molecule has 1 aliphatic heterocycles. The molecule has 0 atom stereocenters. The number of nitrogens with zero attached hydrogens (tertiary/aromatic N) is 1. The van der Waals surface area contributed by atoms with Crippen molar-refractivity contribution in [2.24, 2.45) is 0 Å². The Labute approximate surface area is 131 Å². The summed E-state index contributed by atoms with van der Waals surface area (Å²) in [4.78, 5) is 2.38. The number of benzene rings is 2. The predicted molar refractivity (Wildman–Crippen MR) is 90.6 cm³/mol. The van der Waals surface area contributed by atoms with E-state index in [2.05, 4.69) is 47.5 Å². The van der Waals surface area contributed by atoms with E-state index >= 15 is 0 Å². The number of hydrogen-bond acceptors (Lipinski definition) is 2. The maximum Gasteiger partial charge on any atom is 0.0646 e. The first kappa shape index (κ1) is 14.4. The van der Waals surface area contributed by atoms with E-state index in [4.69, 9.17) is 11.6 Å². The van der Waals surface area contributed by atoms with E-state index in [0.29, 0.717) is 0 Å². The average molecular weight is 301 g/mol. The SMILES string of the molecule is CCNCc1cccc(Cl)c1N1CCCc2ccccc21. The molecule has 110 valence electrons. The standard InChI is InChI=1S/C18H21ClN2/c1-2-20-13-15-8-5-10-16(19)18(15)21-12-6-9-14-7-3-4-11-17(14)21/h3-5,7-8,10-11,20H,2,6,9,12-13H2,1H3. The molecule has 0 unspecified atom stereocenters. The Balaban J connectivity index is 2.05. The molecule has 0 saturated carbocycles. The van der Waals surface area contributed by atoms with Gasteiger partial charge in [0, 0.05) is 18.8 Å². The summed E-state index contributed by atoms with van der Waals surface area (Å²) >= 11 is 6.54. The Morgan fingerprint density at radius 2 is 2.00 bits per heavy atom. The van der Waals surface area contributed by atoms with Gasteiger partial charge in [-0.15, -0.1) is 0 Å². The second-order valence-electron chi connectivity index (χ2n) is 5.41. The van der Waals surface area contributed by atoms with Gasteiger partial charge < -0.3 is 10.2 Å². The van der Waals surface area contributed by atoms with Crippen molar-refractivity contribution < 1.29 is 0 Å². The summed E-state index contributed by atoms with van der Waals surface area (Å²) in [6.45, 7) is 4.97. The van der Waals surface area contributed by atoms with Crippen molar-refractivity contribution >= 4 is 23.0 Å². The molecular formula is C18H21ClN2. The van der Waals surface area contributed by atoms with E-state index in [-0.39, 0.29) is 0 Å². The third-order valence-corrected chi connectivity index (χ3v) is 4.32. The lowest BCUT2D eigenvalue weighted by atomic mass is 10.00. The molecule has 1 aliphatic rings. The first-order chi connectivity index (χ1) is 10.3. The molecule has 2 aromatic carbocycles. The fourth-order valence-electron chi connectivity index (χ4n) is 3.03. The molecule has 3 rings (SSSR count). The van der Waals surface area contributed by atoms with Gasteiger partial charge in [0.25, 0.3) is 0 Å². The van der Waals surface area contributed by atoms with Crippen molar-refractivity contribution in [3.63, 3.8) is 0 Å². The maximum atomic E-state index is 6.54. The van der Waals surface area contributed by atoms with Crippen molar-refractivity contribution in [3.8, 4) is 0 Å². The molecular weight excluding hydrogens is 280 g/mol. The topological polar surface area (TPSA) is 15.3 Å². The van der Waals surface area contributed by atoms with Crippen LogP contribution in [0, 0.1) is 0 Å². The number of rotatable bonds is 4. The van der Waals surface area contributed by atoms with Crippen LogP contribution in [0.15, 0.2) is 42.5 Å². The molecule has 0 aliphatic carbocycles. The van der Waals surface area contributed by atoms with Crippen molar-refractivity contribution in [2.45, 2.75) is 26.3 Å². The summed E-state index contributed by atoms with van der Waals surface area (Å²) in [5, 5.41) is 4.25. The minimum Gasteiger partial charge on any atom is -0.340 e. The molecule has 0 fully saturated rings. The first-order valence-corrected chi connectivity index (χ1v) is 8.02. The summed E-state index contributed by atoms with van der Waals surface area (Å²) < 4.78 is 0. The Morgan fingerprint density at radius 3 is 2.86 bits per heavy atom. The minimum atomic E-state index is 0.835. The van der Waals surface area contributed by atoms with Gasteiger partial charge in [-0.3, -0.25) is 0 Å². The van der Waals surface area contributed by atoms with Gasteiger partial charge in [0.15, 0.2) is 0 Å². The van der Waals surface area contributed by atoms with Crippen LogP contribution in [0.3, 0.4) is 0 Å². The normalized spacial score (nSPS) is 14.1. The van der Waals surface area contributed by atoms with E-state index in [1.165, 1.54) is 23.2 Å². The second-order valence-corrected chi connectivity index (χ2v) is 5.82. The largest absolute Gasteiger partial charge is 0.340 e. The van der Waals surface area contributed by atoms with Crippen LogP contribution in [-0.4, -0.2) is 13.1 Å². The van der Waals surface area contributed by atoms with Crippen LogP contribution >= 0.6 is 11.6 Å². The van der Waals surface area contributed by atoms with Crippen molar-refractivity contribution in [1.29, 1.82) is 0 Å². The molecule has 1 heterocycles. The molecule has 0 saturated heterocycles. The number of fused-ring (bicyclic) bond motifs is 1. The molecule has 21 heavy (non-hydrogen) atoms. The van der Waals surface area contributed by atoms with Gasteiger partial charge >= 0.3 is 0 Å². The van der Waals surface area contributed by atoms with Gasteiger partial charge in [-0.1, -0.05) is 48.9 Å². The maximum absolute atomic E-state index is 6.54. The zero-order valence-corrected chi connectivity index (χ0v) is 13.2. The fraction of sp³-hybridized carbons (Fsp3) is 0.333. The van der Waals surface area contributed by atoms with Crippen LogP contribution in [0.4, 0.5) is 11.4 Å². The Hall–Kier alpha value is -1.51. The van der Waals surface area contributed by atoms with E-state index in [9.17, 15) is 0 Å². The lowest BCUT2D eigenvalue weighted by molar-refractivity contribution is 0.717. The van der Waals surface area contributed by atoms with Crippen molar-refractivity contribution in [1.82, 2.24) is 5.32 Å². The first-order valence-electron chi connectivity index (χ1n) is 7.65. The van der Waals surface area contributed by atoms with Gasteiger partial charge in [0.05, 0.1) is 10.7 Å². The zero-order valence-electron chi connectivity index (χ0n) is 12.4. The van der Waals surface area contributed by atoms with Gasteiger partial charge in [0.2, 0.25) is 0 Å². The van der Waals surface area contributed by atoms with Gasteiger partial charge in [-0.05, 0) is 42.6 Å². The third kappa shape index (κ3) is 2.92. The van der Waals surface area contributed by atoms with E-state index < -0.39 is 0 Å². The summed E-state index contributed by atoms with van der Waals surface area (Å²) in [6.07, 6.45) is 2.32. The number of anilines is 2. The molecule has 0 radical (unpaired) electrons. The summed E-state index contributed by atoms with van der Waals surface area (Å²) in [5.41, 5.74) is 5.14. The molecule has 0 amide bonds. The van der Waals surface area contributed by atoms with Crippen LogP contribution in [0.5, 0.6) is 0 Å². The molecule has 0 spiro atoms. The molecule has 0 bridgehead atoms. The summed E-state index contributed by atoms with van der Waals surface area (Å²) in [7, 11) is 0. The quantitative estimate of drug-likeness (QED) is 0.892. The molecule has 1 N–H and O–H groups in total. The molecule has 2 nitrogen and oxygen atoms in total. The van der Waals surface area contributed by atoms with Crippen molar-refractivity contribution in [2.75, 3.05) is 18.0 Å². The van der Waals surface area contributed by atoms with Crippen LogP contribution in [0.1, 0.15) is 24.5 Å². The predicted octanol–water partition coefficient (Wildman–Crippen LogP) is 4.53. The lowest BCUT2D eigenvalue weighted by Crippen LogP contribution is -2.26. The highest BCUT2D eigenvalue weighted by atomic mass is 35.5. The van der Waals surface area contributed by atoms with Crippen molar-refractivity contribution in [3.05, 3.63) is 58.6 Å². The monoisotopic (exact) mass is 300 g/mol. The molecule has 3 heteroatoms. The highest BCUT2D eigenvalue weighted by Gasteiger charge is 2.21. The third-order valence-electron chi connectivity index (χ3n) is 4.02. The Bertz CT molecular complexity index is 624. The molecule has 2 aromatic rings. The van der Waals surface area contributed by atoms with Gasteiger partial charge in [0.1, 0.15) is 0 Å². The summed E-state index contributed by atoms with van der Waals surface area (Å²) in [5.74, 6) is 0. The fourth-order valence-corrected chi connectivity index (χ4v) is 3.33. The number of para-hydroxylation sites is 2. The van der Waals surface area contributed by atoms with Crippen LogP contribution < -0.4 is 10.2 Å². The van der Waals surface area contributed by atoms with E-state index in [1.54, 1.807) is 0 Å².